The average Bonchev–Trinajstić information content (AvgIpc) is 2.41. The molecular weight excluding hydrogens is 232 g/mol. The fourth-order valence-electron chi connectivity index (χ4n) is 2.12. The van der Waals surface area contributed by atoms with Crippen molar-refractivity contribution in [3.63, 3.8) is 0 Å². The van der Waals surface area contributed by atoms with Crippen molar-refractivity contribution in [2.75, 3.05) is 17.7 Å². The van der Waals surface area contributed by atoms with Crippen LogP contribution in [-0.4, -0.2) is 7.05 Å². The summed E-state index contributed by atoms with van der Waals surface area (Å²) < 4.78 is 0. The van der Waals surface area contributed by atoms with E-state index in [4.69, 9.17) is 5.73 Å². The summed E-state index contributed by atoms with van der Waals surface area (Å²) in [5.41, 5.74) is 12.6. The number of hydrogen-bond donors (Lipinski definition) is 1. The first-order chi connectivity index (χ1) is 9.02. The SMILES string of the molecule is C=CN(C)c1cc(-c2ccc(N)c(C)c2)ccc1C. The smallest absolute Gasteiger partial charge is 0.0439 e. The molecule has 0 fully saturated rings. The van der Waals surface area contributed by atoms with Gasteiger partial charge in [0.25, 0.3) is 0 Å². The van der Waals surface area contributed by atoms with Crippen LogP contribution >= 0.6 is 0 Å². The summed E-state index contributed by atoms with van der Waals surface area (Å²) in [6.45, 7) is 7.95. The summed E-state index contributed by atoms with van der Waals surface area (Å²) in [4.78, 5) is 2.03. The van der Waals surface area contributed by atoms with Crippen molar-refractivity contribution in [3.05, 3.63) is 60.3 Å². The van der Waals surface area contributed by atoms with Gasteiger partial charge < -0.3 is 10.6 Å². The number of nitrogens with zero attached hydrogens (tertiary/aromatic N) is 1. The van der Waals surface area contributed by atoms with Gasteiger partial charge in [0, 0.05) is 18.4 Å². The number of aryl methyl sites for hydroxylation is 2. The van der Waals surface area contributed by atoms with Gasteiger partial charge in [0.05, 0.1) is 0 Å². The Bertz CT molecular complexity index is 615. The van der Waals surface area contributed by atoms with E-state index in [0.717, 1.165) is 11.3 Å². The summed E-state index contributed by atoms with van der Waals surface area (Å²) in [6, 6.07) is 12.6. The minimum atomic E-state index is 0.833. The monoisotopic (exact) mass is 252 g/mol. The van der Waals surface area contributed by atoms with E-state index < -0.39 is 0 Å². The van der Waals surface area contributed by atoms with Crippen molar-refractivity contribution < 1.29 is 0 Å². The van der Waals surface area contributed by atoms with Crippen molar-refractivity contribution in [1.82, 2.24) is 0 Å². The van der Waals surface area contributed by atoms with E-state index in [9.17, 15) is 0 Å². The molecule has 2 nitrogen and oxygen atoms in total. The molecule has 0 atom stereocenters. The lowest BCUT2D eigenvalue weighted by Gasteiger charge is -2.18. The third-order valence-electron chi connectivity index (χ3n) is 3.47. The molecule has 2 N–H and O–H groups in total. The third kappa shape index (κ3) is 2.63. The highest BCUT2D eigenvalue weighted by Gasteiger charge is 2.06. The average molecular weight is 252 g/mol. The summed E-state index contributed by atoms with van der Waals surface area (Å²) >= 11 is 0. The predicted octanol–water partition coefficient (Wildman–Crippen LogP) is 4.13. The van der Waals surface area contributed by atoms with Gasteiger partial charge in [-0.1, -0.05) is 24.8 Å². The summed E-state index contributed by atoms with van der Waals surface area (Å²) in [5, 5.41) is 0. The number of rotatable bonds is 3. The Morgan fingerprint density at radius 2 is 1.63 bits per heavy atom. The van der Waals surface area contributed by atoms with Crippen molar-refractivity contribution >= 4 is 11.4 Å². The van der Waals surface area contributed by atoms with E-state index in [2.05, 4.69) is 43.8 Å². The Balaban J connectivity index is 2.51. The Kier molecular flexibility index (Phi) is 3.61. The van der Waals surface area contributed by atoms with Gasteiger partial charge in [-0.15, -0.1) is 0 Å². The van der Waals surface area contributed by atoms with E-state index in [1.807, 2.05) is 31.1 Å². The molecule has 0 unspecified atom stereocenters. The quantitative estimate of drug-likeness (QED) is 0.832. The summed E-state index contributed by atoms with van der Waals surface area (Å²) in [7, 11) is 2.01. The van der Waals surface area contributed by atoms with Crippen LogP contribution in [0.1, 0.15) is 11.1 Å². The van der Waals surface area contributed by atoms with Gasteiger partial charge in [-0.3, -0.25) is 0 Å². The molecule has 0 bridgehead atoms. The van der Waals surface area contributed by atoms with Crippen LogP contribution in [0.4, 0.5) is 11.4 Å². The van der Waals surface area contributed by atoms with Crippen LogP contribution < -0.4 is 10.6 Å². The number of benzene rings is 2. The summed E-state index contributed by atoms with van der Waals surface area (Å²) in [5.74, 6) is 0. The molecule has 0 aliphatic heterocycles. The maximum absolute atomic E-state index is 5.87. The maximum Gasteiger partial charge on any atom is 0.0439 e. The minimum absolute atomic E-state index is 0.833. The molecule has 0 amide bonds. The first-order valence-electron chi connectivity index (χ1n) is 6.35. The fourth-order valence-corrected chi connectivity index (χ4v) is 2.12. The Labute approximate surface area is 115 Å². The largest absolute Gasteiger partial charge is 0.399 e. The zero-order chi connectivity index (χ0) is 14.0. The maximum atomic E-state index is 5.87. The van der Waals surface area contributed by atoms with Crippen molar-refractivity contribution in [3.8, 4) is 11.1 Å². The molecule has 0 aromatic heterocycles. The highest BCUT2D eigenvalue weighted by Crippen LogP contribution is 2.29. The molecule has 0 aliphatic carbocycles. The van der Waals surface area contributed by atoms with Crippen LogP contribution in [0.5, 0.6) is 0 Å². The molecule has 2 aromatic rings. The van der Waals surface area contributed by atoms with Gasteiger partial charge in [0.15, 0.2) is 0 Å². The standard InChI is InChI=1S/C17H20N2/c1-5-19(4)17-11-15(7-6-12(17)2)14-8-9-16(18)13(3)10-14/h5-11H,1,18H2,2-4H3. The predicted molar refractivity (Wildman–Crippen MR) is 84.4 cm³/mol. The Morgan fingerprint density at radius 1 is 1.00 bits per heavy atom. The molecule has 0 heterocycles. The van der Waals surface area contributed by atoms with E-state index in [0.29, 0.717) is 0 Å². The molecule has 2 rings (SSSR count). The third-order valence-corrected chi connectivity index (χ3v) is 3.47. The second-order valence-electron chi connectivity index (χ2n) is 4.87. The molecule has 0 saturated heterocycles. The highest BCUT2D eigenvalue weighted by atomic mass is 15.1. The molecule has 0 spiro atoms. The molecule has 98 valence electrons. The first kappa shape index (κ1) is 13.2. The van der Waals surface area contributed by atoms with Gasteiger partial charge in [0.1, 0.15) is 0 Å². The van der Waals surface area contributed by atoms with Crippen molar-refractivity contribution in [2.45, 2.75) is 13.8 Å². The van der Waals surface area contributed by atoms with Crippen molar-refractivity contribution in [1.29, 1.82) is 0 Å². The van der Waals surface area contributed by atoms with E-state index in [1.54, 1.807) is 0 Å². The molecule has 0 aliphatic rings. The molecule has 0 radical (unpaired) electrons. The second kappa shape index (κ2) is 5.19. The molecule has 0 saturated carbocycles. The van der Waals surface area contributed by atoms with E-state index in [-0.39, 0.29) is 0 Å². The molecule has 19 heavy (non-hydrogen) atoms. The minimum Gasteiger partial charge on any atom is -0.399 e. The van der Waals surface area contributed by atoms with Gasteiger partial charge in [0.2, 0.25) is 0 Å². The molecule has 2 aromatic carbocycles. The Morgan fingerprint density at radius 3 is 2.26 bits per heavy atom. The van der Waals surface area contributed by atoms with Crippen LogP contribution in [0.25, 0.3) is 11.1 Å². The van der Waals surface area contributed by atoms with Crippen LogP contribution in [-0.2, 0) is 0 Å². The van der Waals surface area contributed by atoms with Crippen LogP contribution in [0.2, 0.25) is 0 Å². The molecular formula is C17H20N2. The second-order valence-corrected chi connectivity index (χ2v) is 4.87. The number of nitrogen functional groups attached to an aromatic ring is 1. The normalized spacial score (nSPS) is 10.3. The zero-order valence-corrected chi connectivity index (χ0v) is 11.8. The van der Waals surface area contributed by atoms with Crippen molar-refractivity contribution in [2.24, 2.45) is 0 Å². The first-order valence-corrected chi connectivity index (χ1v) is 6.35. The van der Waals surface area contributed by atoms with Gasteiger partial charge in [-0.2, -0.15) is 0 Å². The number of hydrogen-bond acceptors (Lipinski definition) is 2. The van der Waals surface area contributed by atoms with Crippen LogP contribution in [0.3, 0.4) is 0 Å². The molecule has 2 heteroatoms. The van der Waals surface area contributed by atoms with E-state index >= 15 is 0 Å². The van der Waals surface area contributed by atoms with E-state index in [1.165, 1.54) is 22.4 Å². The number of nitrogens with two attached hydrogens (primary N) is 1. The number of anilines is 2. The van der Waals surface area contributed by atoms with Crippen LogP contribution in [0.15, 0.2) is 49.2 Å². The van der Waals surface area contributed by atoms with Crippen LogP contribution in [0, 0.1) is 13.8 Å². The van der Waals surface area contributed by atoms with Gasteiger partial charge >= 0.3 is 0 Å². The Hall–Kier alpha value is -2.22. The topological polar surface area (TPSA) is 29.3 Å². The lowest BCUT2D eigenvalue weighted by molar-refractivity contribution is 1.19. The van der Waals surface area contributed by atoms with Gasteiger partial charge in [-0.25, -0.2) is 0 Å². The fraction of sp³-hybridized carbons (Fsp3) is 0.176. The zero-order valence-electron chi connectivity index (χ0n) is 11.8. The lowest BCUT2D eigenvalue weighted by atomic mass is 10.00. The van der Waals surface area contributed by atoms with Gasteiger partial charge in [-0.05, 0) is 60.5 Å². The lowest BCUT2D eigenvalue weighted by Crippen LogP contribution is -2.08. The highest BCUT2D eigenvalue weighted by molar-refractivity contribution is 5.73. The summed E-state index contributed by atoms with van der Waals surface area (Å²) in [6.07, 6.45) is 1.82.